The molecule has 8 nitrogen and oxygen atoms in total. The number of halogens is 4. The third-order valence-electron chi connectivity index (χ3n) is 5.46. The topological polar surface area (TPSA) is 106 Å². The summed E-state index contributed by atoms with van der Waals surface area (Å²) in [6.45, 7) is 1.43. The maximum Gasteiger partial charge on any atom is 0.416 e. The number of amides is 3. The molecule has 0 aliphatic carbocycles. The van der Waals surface area contributed by atoms with Gasteiger partial charge in [0.15, 0.2) is 0 Å². The number of furan rings is 1. The first-order chi connectivity index (χ1) is 19.0. The second-order valence-corrected chi connectivity index (χ2v) is 9.83. The molecule has 208 valence electrons. The van der Waals surface area contributed by atoms with Crippen molar-refractivity contribution in [3.8, 4) is 11.3 Å². The molecule has 0 radical (unpaired) electrons. The van der Waals surface area contributed by atoms with Crippen molar-refractivity contribution in [3.63, 3.8) is 0 Å². The summed E-state index contributed by atoms with van der Waals surface area (Å²) in [5.41, 5.74) is -0.403. The molecule has 2 heterocycles. The molecule has 0 saturated carbocycles. The van der Waals surface area contributed by atoms with Gasteiger partial charge in [-0.25, -0.2) is 4.79 Å². The molecule has 1 N–H and O–H groups in total. The molecule has 1 aliphatic rings. The van der Waals surface area contributed by atoms with Crippen molar-refractivity contribution in [2.45, 2.75) is 19.5 Å². The van der Waals surface area contributed by atoms with E-state index in [4.69, 9.17) is 20.8 Å². The number of esters is 1. The summed E-state index contributed by atoms with van der Waals surface area (Å²) in [5.74, 6) is -1.85. The summed E-state index contributed by atoms with van der Waals surface area (Å²) in [6, 6.07) is 11.6. The van der Waals surface area contributed by atoms with Gasteiger partial charge in [0.05, 0.1) is 27.7 Å². The first-order valence-corrected chi connectivity index (χ1v) is 12.9. The number of nitrogens with one attached hydrogen (secondary N) is 1. The number of imide groups is 1. The van der Waals surface area contributed by atoms with Gasteiger partial charge in [-0.1, -0.05) is 30.7 Å². The van der Waals surface area contributed by atoms with Gasteiger partial charge in [0, 0.05) is 17.3 Å². The van der Waals surface area contributed by atoms with Gasteiger partial charge in [0.2, 0.25) is 5.91 Å². The molecule has 0 atom stereocenters. The molecule has 13 heteroatoms. The van der Waals surface area contributed by atoms with Gasteiger partial charge < -0.3 is 14.5 Å². The van der Waals surface area contributed by atoms with Gasteiger partial charge in [-0.2, -0.15) is 13.2 Å². The van der Waals surface area contributed by atoms with E-state index in [-0.39, 0.29) is 44.9 Å². The summed E-state index contributed by atoms with van der Waals surface area (Å²) in [4.78, 5) is 50.7. The fourth-order valence-electron chi connectivity index (χ4n) is 3.58. The van der Waals surface area contributed by atoms with Crippen molar-refractivity contribution in [1.29, 1.82) is 0 Å². The first-order valence-electron chi connectivity index (χ1n) is 11.8. The van der Waals surface area contributed by atoms with Crippen molar-refractivity contribution < 1.29 is 41.5 Å². The van der Waals surface area contributed by atoms with E-state index in [1.807, 2.05) is 6.92 Å². The van der Waals surface area contributed by atoms with E-state index in [1.165, 1.54) is 48.5 Å². The van der Waals surface area contributed by atoms with Crippen molar-refractivity contribution in [3.05, 3.63) is 81.4 Å². The number of rotatable bonds is 8. The van der Waals surface area contributed by atoms with E-state index in [1.54, 1.807) is 0 Å². The lowest BCUT2D eigenvalue weighted by Gasteiger charge is -2.13. The second-order valence-electron chi connectivity index (χ2n) is 8.43. The Labute approximate surface area is 235 Å². The molecular weight excluding hydrogens is 573 g/mol. The highest BCUT2D eigenvalue weighted by Crippen LogP contribution is 2.35. The van der Waals surface area contributed by atoms with Gasteiger partial charge in [0.1, 0.15) is 18.1 Å². The molecule has 3 aromatic rings. The van der Waals surface area contributed by atoms with Crippen LogP contribution in [0.25, 0.3) is 17.4 Å². The summed E-state index contributed by atoms with van der Waals surface area (Å²) in [6.07, 6.45) is -2.64. The Kier molecular flexibility index (Phi) is 8.70. The van der Waals surface area contributed by atoms with E-state index < -0.39 is 41.3 Å². The zero-order valence-corrected chi connectivity index (χ0v) is 22.3. The maximum absolute atomic E-state index is 13.0. The molecule has 0 bridgehead atoms. The molecule has 1 aromatic heterocycles. The second kappa shape index (κ2) is 12.0. The fraction of sp³-hybridized carbons (Fsp3) is 0.185. The van der Waals surface area contributed by atoms with Gasteiger partial charge in [-0.3, -0.25) is 19.3 Å². The number of hydrogen-bond donors (Lipinski definition) is 1. The van der Waals surface area contributed by atoms with Crippen LogP contribution in [-0.2, 0) is 20.5 Å². The van der Waals surface area contributed by atoms with Crippen LogP contribution in [0, 0.1) is 0 Å². The number of nitrogens with zero attached hydrogens (tertiary/aromatic N) is 1. The molecule has 40 heavy (non-hydrogen) atoms. The zero-order valence-electron chi connectivity index (χ0n) is 20.7. The van der Waals surface area contributed by atoms with Crippen LogP contribution in [-0.4, -0.2) is 41.1 Å². The van der Waals surface area contributed by atoms with Crippen molar-refractivity contribution in [1.82, 2.24) is 4.90 Å². The molecule has 4 rings (SSSR count). The maximum atomic E-state index is 13.0. The van der Waals surface area contributed by atoms with Crippen LogP contribution in [0.1, 0.15) is 35.0 Å². The molecule has 1 saturated heterocycles. The van der Waals surface area contributed by atoms with E-state index in [0.29, 0.717) is 18.2 Å². The lowest BCUT2D eigenvalue weighted by Crippen LogP contribution is -2.36. The zero-order chi connectivity index (χ0) is 29.0. The minimum atomic E-state index is -4.52. The third-order valence-corrected chi connectivity index (χ3v) is 6.69. The standard InChI is InChI=1S/C27H20ClF3N2O6S/c1-2-10-38-25(36)19-12-17(6-8-20(19)28)32-23(34)14-33-24(35)22(40-26(33)37)13-18-7-9-21(39-18)15-4-3-5-16(11-15)27(29,30)31/h3-9,11-13H,2,10,14H2,1H3,(H,32,34)/b22-13+. The number of anilines is 1. The number of thioether (sulfide) groups is 1. The van der Waals surface area contributed by atoms with E-state index in [9.17, 15) is 32.3 Å². The number of carbonyl (C=O) groups excluding carboxylic acids is 4. The van der Waals surface area contributed by atoms with Crippen LogP contribution in [0.2, 0.25) is 5.02 Å². The highest BCUT2D eigenvalue weighted by molar-refractivity contribution is 8.18. The van der Waals surface area contributed by atoms with Crippen LogP contribution < -0.4 is 5.32 Å². The van der Waals surface area contributed by atoms with Crippen LogP contribution in [0.15, 0.2) is 63.9 Å². The Balaban J connectivity index is 1.43. The minimum absolute atomic E-state index is 0.0322. The van der Waals surface area contributed by atoms with Crippen LogP contribution in [0.3, 0.4) is 0 Å². The van der Waals surface area contributed by atoms with Crippen LogP contribution in [0.4, 0.5) is 23.7 Å². The lowest BCUT2D eigenvalue weighted by atomic mass is 10.1. The Morgan fingerprint density at radius 2 is 1.90 bits per heavy atom. The molecule has 0 spiro atoms. The fourth-order valence-corrected chi connectivity index (χ4v) is 4.59. The van der Waals surface area contributed by atoms with Crippen molar-refractivity contribution in [2.75, 3.05) is 18.5 Å². The lowest BCUT2D eigenvalue weighted by molar-refractivity contribution is -0.137. The number of ether oxygens (including phenoxy) is 1. The number of hydrogen-bond acceptors (Lipinski definition) is 7. The Hall–Kier alpha value is -4.03. The molecular formula is C27H20ClF3N2O6S. The molecule has 2 aromatic carbocycles. The SMILES string of the molecule is CCCOC(=O)c1cc(NC(=O)CN2C(=O)S/C(=C/c3ccc(-c4cccc(C(F)(F)F)c4)o3)C2=O)ccc1Cl. The first kappa shape index (κ1) is 29.0. The summed E-state index contributed by atoms with van der Waals surface area (Å²) in [7, 11) is 0. The van der Waals surface area contributed by atoms with Gasteiger partial charge in [-0.05, 0) is 60.6 Å². The summed E-state index contributed by atoms with van der Waals surface area (Å²) >= 11 is 6.64. The predicted molar refractivity (Wildman–Crippen MR) is 142 cm³/mol. The highest BCUT2D eigenvalue weighted by Gasteiger charge is 2.36. The normalized spacial score (nSPS) is 14.6. The Morgan fingerprint density at radius 1 is 1.12 bits per heavy atom. The molecule has 1 fully saturated rings. The number of benzene rings is 2. The van der Waals surface area contributed by atoms with Crippen molar-refractivity contribution >= 4 is 58.1 Å². The van der Waals surface area contributed by atoms with Gasteiger partial charge in [0.25, 0.3) is 11.1 Å². The third kappa shape index (κ3) is 6.75. The number of carbonyl (C=O) groups is 4. The monoisotopic (exact) mass is 592 g/mol. The number of alkyl halides is 3. The van der Waals surface area contributed by atoms with Gasteiger partial charge >= 0.3 is 12.1 Å². The van der Waals surface area contributed by atoms with Crippen molar-refractivity contribution in [2.24, 2.45) is 0 Å². The molecule has 3 amide bonds. The summed E-state index contributed by atoms with van der Waals surface area (Å²) in [5, 5.41) is 1.94. The molecule has 0 unspecified atom stereocenters. The predicted octanol–water partition coefficient (Wildman–Crippen LogP) is 6.86. The van der Waals surface area contributed by atoms with E-state index >= 15 is 0 Å². The highest BCUT2D eigenvalue weighted by atomic mass is 35.5. The Morgan fingerprint density at radius 3 is 2.62 bits per heavy atom. The smallest absolute Gasteiger partial charge is 0.416 e. The minimum Gasteiger partial charge on any atom is -0.462 e. The van der Waals surface area contributed by atoms with Crippen LogP contribution >= 0.6 is 23.4 Å². The Bertz CT molecular complexity index is 1520. The van der Waals surface area contributed by atoms with E-state index in [0.717, 1.165) is 17.0 Å². The average Bonchev–Trinajstić information content (AvgIpc) is 3.48. The largest absolute Gasteiger partial charge is 0.462 e. The quantitative estimate of drug-likeness (QED) is 0.225. The van der Waals surface area contributed by atoms with Gasteiger partial charge in [-0.15, -0.1) is 0 Å². The van der Waals surface area contributed by atoms with Crippen LogP contribution in [0.5, 0.6) is 0 Å². The van der Waals surface area contributed by atoms with E-state index in [2.05, 4.69) is 5.32 Å². The molecule has 1 aliphatic heterocycles. The summed E-state index contributed by atoms with van der Waals surface area (Å²) < 4.78 is 49.7. The average molecular weight is 593 g/mol.